The number of rotatable bonds is 2. The largest absolute Gasteiger partial charge is 0.504 e. The highest BCUT2D eigenvalue weighted by Gasteiger charge is 2.29. The monoisotopic (exact) mass is 293 g/mol. The quantitative estimate of drug-likeness (QED) is 0.790. The normalized spacial score (nSPS) is 12.0. The molecule has 108 valence electrons. The molecule has 0 aliphatic rings. The summed E-state index contributed by atoms with van der Waals surface area (Å²) < 4.78 is 38.8. The minimum absolute atomic E-state index is 0.00340. The number of hydrogen-bond acceptors (Lipinski definition) is 3. The van der Waals surface area contributed by atoms with Crippen molar-refractivity contribution in [3.05, 3.63) is 59.5 Å². The lowest BCUT2D eigenvalue weighted by molar-refractivity contribution is -0.137. The van der Waals surface area contributed by atoms with E-state index in [2.05, 4.69) is 10.1 Å². The summed E-state index contributed by atoms with van der Waals surface area (Å²) >= 11 is 0. The molecule has 0 radical (unpaired) electrons. The fourth-order valence-corrected chi connectivity index (χ4v) is 2.01. The Bertz CT molecular complexity index is 778. The van der Waals surface area contributed by atoms with Gasteiger partial charge < -0.3 is 5.11 Å². The highest BCUT2D eigenvalue weighted by molar-refractivity contribution is 5.51. The zero-order valence-corrected chi connectivity index (χ0v) is 10.7. The number of benzene rings is 1. The molecule has 0 unspecified atom stereocenters. The third-order valence-corrected chi connectivity index (χ3v) is 3.03. The predicted octanol–water partition coefficient (Wildman–Crippen LogP) is 3.04. The first-order valence-corrected chi connectivity index (χ1v) is 6.13. The van der Waals surface area contributed by atoms with Crippen molar-refractivity contribution in [1.29, 1.82) is 0 Å². The Morgan fingerprint density at radius 1 is 1.10 bits per heavy atom. The van der Waals surface area contributed by atoms with Crippen molar-refractivity contribution in [2.75, 3.05) is 0 Å². The molecule has 0 fully saturated rings. The molecule has 2 aromatic heterocycles. The number of hydrogen-bond donors (Lipinski definition) is 1. The molecule has 4 nitrogen and oxygen atoms in total. The predicted molar refractivity (Wildman–Crippen MR) is 68.9 cm³/mol. The van der Waals surface area contributed by atoms with E-state index < -0.39 is 11.7 Å². The molecule has 0 amide bonds. The van der Waals surface area contributed by atoms with Crippen LogP contribution in [0.4, 0.5) is 13.2 Å². The van der Waals surface area contributed by atoms with Crippen molar-refractivity contribution in [3.63, 3.8) is 0 Å². The van der Waals surface area contributed by atoms with Crippen molar-refractivity contribution in [2.24, 2.45) is 0 Å². The lowest BCUT2D eigenvalue weighted by Gasteiger charge is -2.06. The SMILES string of the molecule is Oc1cccn2nc(Cc3ccc(C(F)(F)F)cc3)nc12. The van der Waals surface area contributed by atoms with Gasteiger partial charge in [0.25, 0.3) is 0 Å². The van der Waals surface area contributed by atoms with E-state index in [4.69, 9.17) is 0 Å². The number of halogens is 3. The van der Waals surface area contributed by atoms with Gasteiger partial charge in [-0.3, -0.25) is 0 Å². The van der Waals surface area contributed by atoms with E-state index in [1.165, 1.54) is 22.7 Å². The van der Waals surface area contributed by atoms with Crippen LogP contribution in [0.5, 0.6) is 5.75 Å². The number of aromatic nitrogens is 3. The fourth-order valence-electron chi connectivity index (χ4n) is 2.01. The Morgan fingerprint density at radius 3 is 2.43 bits per heavy atom. The number of alkyl halides is 3. The van der Waals surface area contributed by atoms with Crippen LogP contribution < -0.4 is 0 Å². The first-order chi connectivity index (χ1) is 9.93. The summed E-state index contributed by atoms with van der Waals surface area (Å²) in [4.78, 5) is 4.16. The summed E-state index contributed by atoms with van der Waals surface area (Å²) in [6, 6.07) is 7.97. The molecule has 0 aliphatic heterocycles. The minimum atomic E-state index is -4.34. The smallest absolute Gasteiger partial charge is 0.416 e. The highest BCUT2D eigenvalue weighted by atomic mass is 19.4. The Labute approximate surface area is 117 Å². The van der Waals surface area contributed by atoms with Gasteiger partial charge in [-0.25, -0.2) is 9.50 Å². The summed E-state index contributed by atoms with van der Waals surface area (Å²) in [5.74, 6) is 0.430. The second kappa shape index (κ2) is 4.76. The van der Waals surface area contributed by atoms with Crippen LogP contribution >= 0.6 is 0 Å². The standard InChI is InChI=1S/C14H10F3N3O/c15-14(16,17)10-5-3-9(4-6-10)8-12-18-13-11(21)2-1-7-20(13)19-12/h1-7,21H,8H2. The first kappa shape index (κ1) is 13.4. The van der Waals surface area contributed by atoms with E-state index in [0.29, 0.717) is 23.5 Å². The number of fused-ring (bicyclic) bond motifs is 1. The molecular weight excluding hydrogens is 283 g/mol. The van der Waals surface area contributed by atoms with Gasteiger partial charge in [0.05, 0.1) is 5.56 Å². The summed E-state index contributed by atoms with van der Waals surface area (Å²) in [5.41, 5.74) is 0.296. The fraction of sp³-hybridized carbons (Fsp3) is 0.143. The summed E-state index contributed by atoms with van der Waals surface area (Å²) in [7, 11) is 0. The Balaban J connectivity index is 1.87. The van der Waals surface area contributed by atoms with Crippen LogP contribution in [-0.4, -0.2) is 19.7 Å². The molecular formula is C14H10F3N3O. The van der Waals surface area contributed by atoms with Crippen LogP contribution in [0.25, 0.3) is 5.65 Å². The molecule has 0 bridgehead atoms. The molecule has 3 aromatic rings. The van der Waals surface area contributed by atoms with Crippen molar-refractivity contribution < 1.29 is 18.3 Å². The lowest BCUT2D eigenvalue weighted by atomic mass is 10.1. The Kier molecular flexibility index (Phi) is 3.04. The van der Waals surface area contributed by atoms with Crippen molar-refractivity contribution in [1.82, 2.24) is 14.6 Å². The molecule has 1 aromatic carbocycles. The average Bonchev–Trinajstić information content (AvgIpc) is 2.82. The number of aromatic hydroxyl groups is 1. The second-order valence-electron chi connectivity index (χ2n) is 4.56. The minimum Gasteiger partial charge on any atom is -0.504 e. The molecule has 3 rings (SSSR count). The van der Waals surface area contributed by atoms with E-state index in [0.717, 1.165) is 12.1 Å². The molecule has 7 heteroatoms. The topological polar surface area (TPSA) is 50.4 Å². The Hall–Kier alpha value is -2.57. The molecule has 0 saturated heterocycles. The molecule has 21 heavy (non-hydrogen) atoms. The maximum atomic E-state index is 12.5. The van der Waals surface area contributed by atoms with Crippen LogP contribution in [0.1, 0.15) is 17.0 Å². The third kappa shape index (κ3) is 2.67. The van der Waals surface area contributed by atoms with Gasteiger partial charge in [-0.1, -0.05) is 12.1 Å². The molecule has 1 N–H and O–H groups in total. The van der Waals surface area contributed by atoms with Crippen LogP contribution in [0.2, 0.25) is 0 Å². The van der Waals surface area contributed by atoms with Gasteiger partial charge in [0, 0.05) is 12.6 Å². The molecule has 0 saturated carbocycles. The van der Waals surface area contributed by atoms with E-state index in [9.17, 15) is 18.3 Å². The van der Waals surface area contributed by atoms with Gasteiger partial charge in [0.2, 0.25) is 0 Å². The number of nitrogens with zero attached hydrogens (tertiary/aromatic N) is 3. The second-order valence-corrected chi connectivity index (χ2v) is 4.56. The van der Waals surface area contributed by atoms with Crippen LogP contribution in [0.15, 0.2) is 42.6 Å². The van der Waals surface area contributed by atoms with Crippen molar-refractivity contribution >= 4 is 5.65 Å². The van der Waals surface area contributed by atoms with Crippen molar-refractivity contribution in [2.45, 2.75) is 12.6 Å². The zero-order valence-electron chi connectivity index (χ0n) is 10.7. The highest BCUT2D eigenvalue weighted by Crippen LogP contribution is 2.29. The lowest BCUT2D eigenvalue weighted by Crippen LogP contribution is -2.04. The summed E-state index contributed by atoms with van der Waals surface area (Å²) in [5, 5.41) is 13.8. The molecule has 0 atom stereocenters. The van der Waals surface area contributed by atoms with E-state index in [1.54, 1.807) is 12.3 Å². The van der Waals surface area contributed by atoms with Gasteiger partial charge >= 0.3 is 6.18 Å². The van der Waals surface area contributed by atoms with Crippen LogP contribution in [0.3, 0.4) is 0 Å². The number of pyridine rings is 1. The third-order valence-electron chi connectivity index (χ3n) is 3.03. The Morgan fingerprint density at radius 2 is 1.81 bits per heavy atom. The van der Waals surface area contributed by atoms with Crippen LogP contribution in [-0.2, 0) is 12.6 Å². The molecule has 0 spiro atoms. The van der Waals surface area contributed by atoms with Crippen molar-refractivity contribution in [3.8, 4) is 5.75 Å². The first-order valence-electron chi connectivity index (χ1n) is 6.13. The van der Waals surface area contributed by atoms with E-state index in [-0.39, 0.29) is 5.75 Å². The molecule has 2 heterocycles. The van der Waals surface area contributed by atoms with Gasteiger partial charge in [-0.15, -0.1) is 0 Å². The maximum absolute atomic E-state index is 12.5. The summed E-state index contributed by atoms with van der Waals surface area (Å²) in [6.45, 7) is 0. The zero-order chi connectivity index (χ0) is 15.0. The van der Waals surface area contributed by atoms with E-state index >= 15 is 0 Å². The molecule has 0 aliphatic carbocycles. The van der Waals surface area contributed by atoms with Crippen LogP contribution in [0, 0.1) is 0 Å². The van der Waals surface area contributed by atoms with E-state index in [1.807, 2.05) is 0 Å². The van der Waals surface area contributed by atoms with Gasteiger partial charge in [-0.2, -0.15) is 18.3 Å². The van der Waals surface area contributed by atoms with Gasteiger partial charge in [0.1, 0.15) is 0 Å². The average molecular weight is 293 g/mol. The van der Waals surface area contributed by atoms with Gasteiger partial charge in [-0.05, 0) is 29.8 Å². The van der Waals surface area contributed by atoms with Gasteiger partial charge in [0.15, 0.2) is 17.2 Å². The maximum Gasteiger partial charge on any atom is 0.416 e. The summed E-state index contributed by atoms with van der Waals surface area (Å²) in [6.07, 6.45) is -2.41.